The van der Waals surface area contributed by atoms with Crippen LogP contribution in [0.5, 0.6) is 11.5 Å². The fourth-order valence-corrected chi connectivity index (χ4v) is 3.42. The maximum atomic E-state index is 12.9. The largest absolute Gasteiger partial charge is 0.497 e. The lowest BCUT2D eigenvalue weighted by Crippen LogP contribution is -2.28. The van der Waals surface area contributed by atoms with Crippen LogP contribution < -0.4 is 14.4 Å². The first-order valence-electron chi connectivity index (χ1n) is 7.92. The van der Waals surface area contributed by atoms with Gasteiger partial charge < -0.3 is 9.47 Å². The number of imide groups is 1. The second-order valence-electron chi connectivity index (χ2n) is 5.67. The van der Waals surface area contributed by atoms with E-state index in [0.29, 0.717) is 28.8 Å². The molecule has 0 spiro atoms. The molecule has 0 bridgehead atoms. The molecule has 1 aliphatic heterocycles. The van der Waals surface area contributed by atoms with Crippen LogP contribution in [0.1, 0.15) is 11.1 Å². The van der Waals surface area contributed by atoms with Crippen LogP contribution in [0, 0.1) is 0 Å². The van der Waals surface area contributed by atoms with E-state index in [1.807, 2.05) is 0 Å². The number of carbonyl (C=O) groups is 2. The molecule has 0 unspecified atom stereocenters. The van der Waals surface area contributed by atoms with Crippen molar-refractivity contribution in [2.24, 2.45) is 0 Å². The van der Waals surface area contributed by atoms with E-state index in [1.165, 1.54) is 26.4 Å². The number of alkyl halides is 3. The van der Waals surface area contributed by atoms with Gasteiger partial charge >= 0.3 is 6.18 Å². The van der Waals surface area contributed by atoms with Crippen molar-refractivity contribution in [3.63, 3.8) is 0 Å². The molecule has 1 saturated heterocycles. The highest BCUT2D eigenvalue weighted by molar-refractivity contribution is 8.19. The molecule has 1 fully saturated rings. The predicted molar refractivity (Wildman–Crippen MR) is 99.4 cm³/mol. The van der Waals surface area contributed by atoms with Crippen molar-refractivity contribution in [2.75, 3.05) is 19.1 Å². The molecule has 5 nitrogen and oxygen atoms in total. The molecular weight excluding hydrogens is 395 g/mol. The van der Waals surface area contributed by atoms with Crippen LogP contribution in [0.4, 0.5) is 23.7 Å². The molecule has 2 aromatic rings. The zero-order valence-corrected chi connectivity index (χ0v) is 15.6. The van der Waals surface area contributed by atoms with Gasteiger partial charge in [-0.25, -0.2) is 4.90 Å². The molecule has 1 heterocycles. The molecule has 9 heteroatoms. The van der Waals surface area contributed by atoms with E-state index in [0.717, 1.165) is 23.1 Å². The monoisotopic (exact) mass is 409 g/mol. The summed E-state index contributed by atoms with van der Waals surface area (Å²) in [6.07, 6.45) is -3.12. The summed E-state index contributed by atoms with van der Waals surface area (Å²) >= 11 is 0.644. The number of nitrogens with zero attached hydrogens (tertiary/aromatic N) is 1. The lowest BCUT2D eigenvalue weighted by Gasteiger charge is -2.15. The minimum absolute atomic E-state index is 0.0749. The number of hydrogen-bond acceptors (Lipinski definition) is 5. The quantitative estimate of drug-likeness (QED) is 0.668. The van der Waals surface area contributed by atoms with Crippen LogP contribution in [0.3, 0.4) is 0 Å². The van der Waals surface area contributed by atoms with E-state index in [9.17, 15) is 22.8 Å². The Morgan fingerprint density at radius 3 is 2.43 bits per heavy atom. The van der Waals surface area contributed by atoms with Crippen molar-refractivity contribution >= 4 is 34.7 Å². The third kappa shape index (κ3) is 3.84. The molecule has 0 aliphatic carbocycles. The molecule has 3 rings (SSSR count). The molecule has 0 saturated carbocycles. The van der Waals surface area contributed by atoms with Gasteiger partial charge in [-0.15, -0.1) is 0 Å². The second kappa shape index (κ2) is 7.59. The van der Waals surface area contributed by atoms with Gasteiger partial charge in [0.2, 0.25) is 0 Å². The Morgan fingerprint density at radius 1 is 1.04 bits per heavy atom. The fraction of sp³-hybridized carbons (Fsp3) is 0.158. The number of ether oxygens (including phenoxy) is 2. The maximum Gasteiger partial charge on any atom is 0.416 e. The van der Waals surface area contributed by atoms with Crippen molar-refractivity contribution in [1.82, 2.24) is 0 Å². The highest BCUT2D eigenvalue weighted by atomic mass is 32.2. The average Bonchev–Trinajstić information content (AvgIpc) is 2.94. The number of halogens is 3. The molecule has 1 aliphatic rings. The normalized spacial score (nSPS) is 16.0. The summed E-state index contributed by atoms with van der Waals surface area (Å²) in [6.45, 7) is 0. The van der Waals surface area contributed by atoms with Crippen LogP contribution in [-0.4, -0.2) is 25.4 Å². The molecule has 0 aromatic heterocycles. The highest BCUT2D eigenvalue weighted by Gasteiger charge is 2.38. The van der Waals surface area contributed by atoms with Gasteiger partial charge in [0.15, 0.2) is 0 Å². The van der Waals surface area contributed by atoms with Gasteiger partial charge in [0.1, 0.15) is 11.5 Å². The smallest absolute Gasteiger partial charge is 0.416 e. The number of anilines is 1. The number of methoxy groups -OCH3 is 2. The van der Waals surface area contributed by atoms with E-state index in [4.69, 9.17) is 9.47 Å². The van der Waals surface area contributed by atoms with E-state index in [-0.39, 0.29) is 10.6 Å². The molecule has 146 valence electrons. The van der Waals surface area contributed by atoms with Crippen LogP contribution in [0.25, 0.3) is 6.08 Å². The first-order chi connectivity index (χ1) is 13.2. The first-order valence-corrected chi connectivity index (χ1v) is 8.73. The molecule has 0 radical (unpaired) electrons. The highest BCUT2D eigenvalue weighted by Crippen LogP contribution is 2.39. The molecule has 2 aromatic carbocycles. The molecule has 28 heavy (non-hydrogen) atoms. The van der Waals surface area contributed by atoms with Crippen molar-refractivity contribution in [3.8, 4) is 11.5 Å². The summed E-state index contributed by atoms with van der Waals surface area (Å²) in [7, 11) is 2.94. The Balaban J connectivity index is 1.96. The minimum atomic E-state index is -4.58. The Bertz CT molecular complexity index is 972. The van der Waals surface area contributed by atoms with Crippen LogP contribution >= 0.6 is 11.8 Å². The fourth-order valence-electron chi connectivity index (χ4n) is 2.59. The average molecular weight is 409 g/mol. The van der Waals surface area contributed by atoms with Crippen LogP contribution in [-0.2, 0) is 11.0 Å². The summed E-state index contributed by atoms with van der Waals surface area (Å²) in [5.41, 5.74) is -0.551. The number of benzene rings is 2. The maximum absolute atomic E-state index is 12.9. The Labute approximate surface area is 162 Å². The van der Waals surface area contributed by atoms with Gasteiger partial charge in [-0.05, 0) is 48.2 Å². The molecule has 0 atom stereocenters. The standard InChI is InChI=1S/C19H14F3NO4S/c1-26-14-7-6-11(15(10-14)27-2)8-16-17(24)23(18(25)28-16)13-5-3-4-12(9-13)19(20,21)22/h3-10H,1-2H3/b16-8-. The van der Waals surface area contributed by atoms with Gasteiger partial charge in [-0.3, -0.25) is 9.59 Å². The molecule has 2 amide bonds. The Kier molecular flexibility index (Phi) is 5.37. The van der Waals surface area contributed by atoms with Crippen molar-refractivity contribution in [2.45, 2.75) is 6.18 Å². The lowest BCUT2D eigenvalue weighted by molar-refractivity contribution is -0.137. The number of hydrogen-bond donors (Lipinski definition) is 0. The zero-order chi connectivity index (χ0) is 20.5. The second-order valence-corrected chi connectivity index (χ2v) is 6.67. The number of amides is 2. The van der Waals surface area contributed by atoms with Crippen LogP contribution in [0.15, 0.2) is 47.4 Å². The lowest BCUT2D eigenvalue weighted by atomic mass is 10.1. The van der Waals surface area contributed by atoms with Crippen molar-refractivity contribution < 1.29 is 32.2 Å². The SMILES string of the molecule is COc1ccc(/C=C2\SC(=O)N(c3cccc(C(F)(F)F)c3)C2=O)c(OC)c1. The van der Waals surface area contributed by atoms with E-state index in [1.54, 1.807) is 18.2 Å². The van der Waals surface area contributed by atoms with Crippen LogP contribution in [0.2, 0.25) is 0 Å². The summed E-state index contributed by atoms with van der Waals surface area (Å²) < 4.78 is 49.2. The van der Waals surface area contributed by atoms with E-state index in [2.05, 4.69) is 0 Å². The van der Waals surface area contributed by atoms with Gasteiger partial charge in [-0.2, -0.15) is 13.2 Å². The van der Waals surface area contributed by atoms with Gasteiger partial charge in [0.25, 0.3) is 11.1 Å². The number of rotatable bonds is 4. The molecular formula is C19H14F3NO4S. The van der Waals surface area contributed by atoms with Crippen molar-refractivity contribution in [1.29, 1.82) is 0 Å². The summed E-state index contributed by atoms with van der Waals surface area (Å²) in [4.78, 5) is 25.8. The summed E-state index contributed by atoms with van der Waals surface area (Å²) in [5, 5.41) is -0.678. The number of thioether (sulfide) groups is 1. The zero-order valence-electron chi connectivity index (χ0n) is 14.7. The van der Waals surface area contributed by atoms with Gasteiger partial charge in [0, 0.05) is 11.6 Å². The van der Waals surface area contributed by atoms with E-state index < -0.39 is 22.9 Å². The molecule has 0 N–H and O–H groups in total. The Hall–Kier alpha value is -2.94. The van der Waals surface area contributed by atoms with Crippen molar-refractivity contribution in [3.05, 3.63) is 58.5 Å². The summed E-state index contributed by atoms with van der Waals surface area (Å²) in [5.74, 6) is 0.267. The first kappa shape index (κ1) is 19.8. The Morgan fingerprint density at radius 2 is 1.79 bits per heavy atom. The van der Waals surface area contributed by atoms with Gasteiger partial charge in [-0.1, -0.05) is 6.07 Å². The number of carbonyl (C=O) groups excluding carboxylic acids is 2. The summed E-state index contributed by atoms with van der Waals surface area (Å²) in [6, 6.07) is 9.00. The third-order valence-electron chi connectivity index (χ3n) is 3.95. The topological polar surface area (TPSA) is 55.8 Å². The predicted octanol–water partition coefficient (Wildman–Crippen LogP) is 4.96. The van der Waals surface area contributed by atoms with E-state index >= 15 is 0 Å². The van der Waals surface area contributed by atoms with Gasteiger partial charge in [0.05, 0.1) is 30.4 Å². The minimum Gasteiger partial charge on any atom is -0.497 e. The third-order valence-corrected chi connectivity index (χ3v) is 4.82.